The Morgan fingerprint density at radius 1 is 0.667 bits per heavy atom. The van der Waals surface area contributed by atoms with Crippen LogP contribution in [0.3, 0.4) is 0 Å². The van der Waals surface area contributed by atoms with E-state index >= 15 is 26.3 Å². The fraction of sp³-hybridized carbons (Fsp3) is 0.396. The lowest BCUT2D eigenvalue weighted by Gasteiger charge is -2.58. The van der Waals surface area contributed by atoms with Crippen molar-refractivity contribution in [1.82, 2.24) is 9.80 Å². The fourth-order valence-corrected chi connectivity index (χ4v) is 8.38. The van der Waals surface area contributed by atoms with Crippen molar-refractivity contribution in [3.8, 4) is 0 Å². The molecule has 332 valence electrons. The van der Waals surface area contributed by atoms with Crippen LogP contribution in [0.25, 0.3) is 0 Å². The van der Waals surface area contributed by atoms with E-state index in [0.29, 0.717) is 30.6 Å². The summed E-state index contributed by atoms with van der Waals surface area (Å²) in [5, 5.41) is 0. The van der Waals surface area contributed by atoms with Gasteiger partial charge in [0.25, 0.3) is 23.6 Å². The lowest BCUT2D eigenvalue weighted by Crippen LogP contribution is -2.88. The first-order chi connectivity index (χ1) is 29.4. The van der Waals surface area contributed by atoms with Crippen LogP contribution in [0, 0.1) is 5.41 Å². The Kier molecular flexibility index (Phi) is 11.0. The van der Waals surface area contributed by atoms with Crippen LogP contribution in [0.1, 0.15) is 132 Å². The number of amides is 4. The molecule has 0 aromatic heterocycles. The zero-order chi connectivity index (χ0) is 46.3. The smallest absolute Gasteiger partial charge is 0.325 e. The Morgan fingerprint density at radius 3 is 1.79 bits per heavy atom. The zero-order valence-corrected chi connectivity index (χ0v) is 35.7. The predicted octanol–water partition coefficient (Wildman–Crippen LogP) is 10.4. The number of allylic oxidation sites excluding steroid dienone is 7. The second-order valence-electron chi connectivity index (χ2n) is 17.1. The van der Waals surface area contributed by atoms with Gasteiger partial charge in [0.05, 0.1) is 34.1 Å². The molecule has 0 N–H and O–H groups in total. The number of carbonyl (C=O) groups is 5. The lowest BCUT2D eigenvalue weighted by molar-refractivity contribution is -0.563. The van der Waals surface area contributed by atoms with E-state index in [2.05, 4.69) is 0 Å². The van der Waals surface area contributed by atoms with Gasteiger partial charge in [-0.1, -0.05) is 83.2 Å². The second kappa shape index (κ2) is 15.3. The topological polar surface area (TPSA) is 110 Å². The third-order valence-corrected chi connectivity index (χ3v) is 13.5. The monoisotopic (exact) mass is 876 g/mol. The third-order valence-electron chi connectivity index (χ3n) is 13.5. The van der Waals surface area contributed by atoms with Gasteiger partial charge in [-0.25, -0.2) is 4.90 Å². The molecular formula is C48H46F6N2O7. The Morgan fingerprint density at radius 2 is 1.21 bits per heavy atom. The van der Waals surface area contributed by atoms with Gasteiger partial charge in [-0.15, -0.1) is 0 Å². The molecule has 1 fully saturated rings. The summed E-state index contributed by atoms with van der Waals surface area (Å²) >= 11 is 0. The SMILES string of the molecule is CCC(C)(CC)C1=CC=CC(OC2(F)C(F)(F)C(F)(F)C2(F)OC2(C)C=CC=C(N3C(=O)c4ccc(C(=O)c5ccc6c(c5)C(=O)N(C(C)(CC)CC)C6=O)cc4C3=O)C=C2)C=C1. The predicted molar refractivity (Wildman–Crippen MR) is 220 cm³/mol. The molecule has 63 heavy (non-hydrogen) atoms. The van der Waals surface area contributed by atoms with Gasteiger partial charge in [-0.3, -0.25) is 28.9 Å². The minimum atomic E-state index is -5.72. The molecule has 2 aromatic carbocycles. The first kappa shape index (κ1) is 45.4. The second-order valence-corrected chi connectivity index (χ2v) is 17.1. The largest absolute Gasteiger partial charge is 0.379 e. The number of halogens is 6. The van der Waals surface area contributed by atoms with Crippen molar-refractivity contribution >= 4 is 29.4 Å². The average molecular weight is 877 g/mol. The molecule has 0 radical (unpaired) electrons. The summed E-state index contributed by atoms with van der Waals surface area (Å²) in [6.45, 7) is 12.3. The van der Waals surface area contributed by atoms with Crippen molar-refractivity contribution in [2.75, 3.05) is 0 Å². The number of rotatable bonds is 13. The molecule has 2 aromatic rings. The minimum absolute atomic E-state index is 0.0288. The normalized spacial score (nSPS) is 27.2. The maximum atomic E-state index is 16.5. The van der Waals surface area contributed by atoms with Crippen molar-refractivity contribution in [3.63, 3.8) is 0 Å². The molecule has 5 aliphatic rings. The highest BCUT2D eigenvalue weighted by Crippen LogP contribution is 2.70. The molecule has 0 bridgehead atoms. The summed E-state index contributed by atoms with van der Waals surface area (Å²) in [6, 6.07) is 7.84. The molecule has 3 aliphatic carbocycles. The van der Waals surface area contributed by atoms with Gasteiger partial charge in [0.15, 0.2) is 5.78 Å². The summed E-state index contributed by atoms with van der Waals surface area (Å²) < 4.78 is 103. The highest BCUT2D eigenvalue weighted by molar-refractivity contribution is 6.25. The number of alkyl halides is 6. The molecule has 1 saturated carbocycles. The van der Waals surface area contributed by atoms with Crippen LogP contribution in [0.2, 0.25) is 0 Å². The van der Waals surface area contributed by atoms with Crippen LogP contribution in [-0.2, 0) is 9.47 Å². The zero-order valence-electron chi connectivity index (χ0n) is 35.7. The molecule has 4 amide bonds. The minimum Gasteiger partial charge on any atom is -0.325 e. The Balaban J connectivity index is 1.10. The van der Waals surface area contributed by atoms with E-state index < -0.39 is 70.2 Å². The number of imide groups is 2. The van der Waals surface area contributed by atoms with Crippen LogP contribution < -0.4 is 0 Å². The summed E-state index contributed by atoms with van der Waals surface area (Å²) in [5.41, 5.74) is -3.03. The molecule has 2 heterocycles. The maximum absolute atomic E-state index is 16.5. The van der Waals surface area contributed by atoms with E-state index in [4.69, 9.17) is 9.47 Å². The van der Waals surface area contributed by atoms with E-state index in [1.807, 2.05) is 34.6 Å². The Labute approximate surface area is 360 Å². The Bertz CT molecular complexity index is 2530. The van der Waals surface area contributed by atoms with Crippen molar-refractivity contribution in [2.24, 2.45) is 5.41 Å². The van der Waals surface area contributed by atoms with Crippen molar-refractivity contribution in [1.29, 1.82) is 0 Å². The van der Waals surface area contributed by atoms with Gasteiger partial charge >= 0.3 is 23.6 Å². The van der Waals surface area contributed by atoms with E-state index in [9.17, 15) is 24.0 Å². The molecule has 15 heteroatoms. The lowest BCUT2D eigenvalue weighted by atomic mass is 9.75. The van der Waals surface area contributed by atoms with E-state index in [1.165, 1.54) is 53.5 Å². The van der Waals surface area contributed by atoms with Crippen molar-refractivity contribution in [3.05, 3.63) is 142 Å². The van der Waals surface area contributed by atoms with Crippen molar-refractivity contribution < 1.29 is 59.8 Å². The quantitative estimate of drug-likeness (QED) is 0.112. The highest BCUT2D eigenvalue weighted by atomic mass is 19.3. The summed E-state index contributed by atoms with van der Waals surface area (Å²) in [7, 11) is 0. The first-order valence-corrected chi connectivity index (χ1v) is 20.7. The van der Waals surface area contributed by atoms with Crippen LogP contribution >= 0.6 is 0 Å². The third kappa shape index (κ3) is 6.55. The van der Waals surface area contributed by atoms with Gasteiger partial charge in [0.1, 0.15) is 5.60 Å². The number of fused-ring (bicyclic) bond motifs is 2. The maximum Gasteiger partial charge on any atom is 0.379 e. The highest BCUT2D eigenvalue weighted by Gasteiger charge is 3.02. The average Bonchev–Trinajstić information content (AvgIpc) is 3.43. The number of ketones is 1. The number of carbonyl (C=O) groups excluding carboxylic acids is 5. The number of benzene rings is 2. The first-order valence-electron chi connectivity index (χ1n) is 20.7. The number of nitrogens with zero attached hydrogens (tertiary/aromatic N) is 2. The van der Waals surface area contributed by atoms with E-state index in [1.54, 1.807) is 13.0 Å². The van der Waals surface area contributed by atoms with Gasteiger partial charge in [-0.2, -0.15) is 26.3 Å². The van der Waals surface area contributed by atoms with Gasteiger partial charge in [0, 0.05) is 16.7 Å². The molecule has 7 rings (SSSR count). The van der Waals surface area contributed by atoms with Gasteiger partial charge < -0.3 is 9.47 Å². The van der Waals surface area contributed by atoms with Crippen molar-refractivity contribution in [2.45, 2.75) is 115 Å². The molecule has 0 saturated heterocycles. The molecule has 0 spiro atoms. The fourth-order valence-electron chi connectivity index (χ4n) is 8.38. The van der Waals surface area contributed by atoms with E-state index in [-0.39, 0.29) is 44.5 Å². The molecule has 4 atom stereocenters. The number of hydrogen-bond donors (Lipinski definition) is 0. The van der Waals surface area contributed by atoms with Gasteiger partial charge in [0.2, 0.25) is 0 Å². The molecule has 9 nitrogen and oxygen atoms in total. The number of hydrogen-bond acceptors (Lipinski definition) is 7. The molecule has 2 aliphatic heterocycles. The van der Waals surface area contributed by atoms with Crippen LogP contribution in [0.5, 0.6) is 0 Å². The Hall–Kier alpha value is -5.67. The van der Waals surface area contributed by atoms with Crippen LogP contribution in [0.15, 0.2) is 108 Å². The van der Waals surface area contributed by atoms with Crippen LogP contribution in [-0.4, -0.2) is 80.0 Å². The van der Waals surface area contributed by atoms with E-state index in [0.717, 1.165) is 55.0 Å². The molecule has 4 unspecified atom stereocenters. The van der Waals surface area contributed by atoms with Gasteiger partial charge in [-0.05, 0) is 99.1 Å². The summed E-state index contributed by atoms with van der Waals surface area (Å²) in [4.78, 5) is 69.8. The molecular weight excluding hydrogens is 831 g/mol. The summed E-state index contributed by atoms with van der Waals surface area (Å²) in [6.07, 6.45) is 12.6. The summed E-state index contributed by atoms with van der Waals surface area (Å²) in [5.74, 6) is -24.8. The number of ether oxygens (including phenoxy) is 2. The van der Waals surface area contributed by atoms with Crippen LogP contribution in [0.4, 0.5) is 26.3 Å². The standard InChI is InChI=1S/C48H46F6N2O7/c1-8-42(5,9-2)30-14-12-16-32(20-19-30)62-47(53)45(49,50)46(51,52)48(47,54)63-44(7)24-13-15-31(23-25-44)55-38(58)33-21-17-28(26-35(33)39(55)59)37(57)29-18-22-34-36(27-29)41(61)56(40(34)60)43(6,10-3)11-4/h12-27,32H,8-11H2,1-7H3.